The van der Waals surface area contributed by atoms with Crippen LogP contribution in [0, 0.1) is 6.92 Å². The highest BCUT2D eigenvalue weighted by atomic mass is 32.1. The van der Waals surface area contributed by atoms with Gasteiger partial charge in [-0.3, -0.25) is 9.69 Å². The molecule has 9 heteroatoms. The molecule has 1 aliphatic rings. The van der Waals surface area contributed by atoms with E-state index in [9.17, 15) is 24.3 Å². The highest BCUT2D eigenvalue weighted by Gasteiger charge is 2.23. The molecule has 38 heavy (non-hydrogen) atoms. The van der Waals surface area contributed by atoms with Crippen molar-refractivity contribution in [3.63, 3.8) is 0 Å². The van der Waals surface area contributed by atoms with E-state index in [1.807, 2.05) is 6.92 Å². The molecule has 0 bridgehead atoms. The molecule has 1 aromatic heterocycles. The van der Waals surface area contributed by atoms with Crippen LogP contribution in [-0.4, -0.2) is 42.0 Å². The van der Waals surface area contributed by atoms with Gasteiger partial charge >= 0.3 is 0 Å². The maximum absolute atomic E-state index is 13.8. The fourth-order valence-corrected chi connectivity index (χ4v) is 6.86. The summed E-state index contributed by atoms with van der Waals surface area (Å²) in [6, 6.07) is 16.0. The number of rotatable bonds is 8. The number of benzene rings is 3. The third kappa shape index (κ3) is 5.70. The van der Waals surface area contributed by atoms with E-state index in [2.05, 4.69) is 4.90 Å². The van der Waals surface area contributed by atoms with Gasteiger partial charge in [0.2, 0.25) is 0 Å². The topological polar surface area (TPSA) is 113 Å². The van der Waals surface area contributed by atoms with Crippen molar-refractivity contribution in [2.24, 2.45) is 0 Å². The lowest BCUT2D eigenvalue weighted by molar-refractivity contribution is -0.307. The summed E-state index contributed by atoms with van der Waals surface area (Å²) >= 11 is 1.25. The number of ketones is 1. The summed E-state index contributed by atoms with van der Waals surface area (Å²) in [6.07, 6.45) is 3.75. The fourth-order valence-electron chi connectivity index (χ4n) is 4.90. The van der Waals surface area contributed by atoms with Crippen LogP contribution in [0.25, 0.3) is 20.5 Å². The number of thiophene rings is 1. The Hall–Kier alpha value is -3.00. The number of fused-ring (bicyclic) bond motifs is 1. The van der Waals surface area contributed by atoms with E-state index >= 15 is 0 Å². The van der Waals surface area contributed by atoms with E-state index in [0.717, 1.165) is 30.8 Å². The van der Waals surface area contributed by atoms with Crippen LogP contribution in [0.4, 0.5) is 0 Å². The highest BCUT2D eigenvalue weighted by molar-refractivity contribution is 7.57. The first-order chi connectivity index (χ1) is 18.2. The summed E-state index contributed by atoms with van der Waals surface area (Å²) in [6.45, 7) is 5.50. The lowest BCUT2D eigenvalue weighted by Gasteiger charge is -2.29. The summed E-state index contributed by atoms with van der Waals surface area (Å²) in [5.41, 5.74) is 2.41. The number of aryl methyl sites for hydroxylation is 1. The van der Waals surface area contributed by atoms with Gasteiger partial charge < -0.3 is 24.2 Å². The lowest BCUT2D eigenvalue weighted by Crippen LogP contribution is -2.33. The minimum atomic E-state index is -4.95. The maximum Gasteiger partial charge on any atom is 0.195 e. The second kappa shape index (κ2) is 11.0. The quantitative estimate of drug-likeness (QED) is 0.259. The van der Waals surface area contributed by atoms with Gasteiger partial charge in [0.05, 0.1) is 0 Å². The molecule has 0 unspecified atom stereocenters. The van der Waals surface area contributed by atoms with E-state index in [1.54, 1.807) is 42.5 Å². The summed E-state index contributed by atoms with van der Waals surface area (Å²) in [5.74, 6) is 0.574. The smallest absolute Gasteiger partial charge is 0.195 e. The second-order valence-electron chi connectivity index (χ2n) is 9.59. The number of hydrogen-bond donors (Lipinski definition) is 1. The number of carbonyl (C=O) groups is 1. The Morgan fingerprint density at radius 1 is 1.03 bits per heavy atom. The molecule has 4 aromatic rings. The summed E-state index contributed by atoms with van der Waals surface area (Å²) in [4.78, 5) is 40.2. The lowest BCUT2D eigenvalue weighted by atomic mass is 9.96. The molecule has 0 radical (unpaired) electrons. The first-order valence-electron chi connectivity index (χ1n) is 12.6. The number of aromatic hydroxyl groups is 1. The van der Waals surface area contributed by atoms with Gasteiger partial charge in [-0.15, -0.1) is 11.3 Å². The molecule has 1 saturated heterocycles. The molecule has 0 aliphatic carbocycles. The number of hydrogen-bond acceptors (Lipinski definition) is 8. The summed E-state index contributed by atoms with van der Waals surface area (Å²) < 4.78 is 18.1. The van der Waals surface area contributed by atoms with Crippen LogP contribution in [-0.2, 0) is 4.57 Å². The molecule has 0 spiro atoms. The molecular formula is C29H28NO6PS-2. The van der Waals surface area contributed by atoms with Crippen LogP contribution < -0.4 is 19.8 Å². The predicted octanol–water partition coefficient (Wildman–Crippen LogP) is 4.22. The summed E-state index contributed by atoms with van der Waals surface area (Å²) in [7, 11) is -4.95. The van der Waals surface area contributed by atoms with E-state index in [-0.39, 0.29) is 16.8 Å². The third-order valence-electron chi connectivity index (χ3n) is 6.91. The molecule has 5 rings (SSSR count). The van der Waals surface area contributed by atoms with Gasteiger partial charge in [-0.25, -0.2) is 0 Å². The Morgan fingerprint density at radius 3 is 2.45 bits per heavy atom. The molecule has 1 fully saturated rings. The Balaban J connectivity index is 1.46. The number of phenolic OH excluding ortho intramolecular Hbond substituents is 1. The average molecular weight is 550 g/mol. The molecule has 0 atom stereocenters. The maximum atomic E-state index is 13.8. The van der Waals surface area contributed by atoms with Crippen molar-refractivity contribution in [3.05, 3.63) is 77.4 Å². The average Bonchev–Trinajstić information content (AvgIpc) is 3.27. The summed E-state index contributed by atoms with van der Waals surface area (Å²) in [5, 5.41) is 10.1. The van der Waals surface area contributed by atoms with Gasteiger partial charge in [0.25, 0.3) is 0 Å². The molecule has 1 N–H and O–H groups in total. The molecule has 0 amide bonds. The minimum Gasteiger partial charge on any atom is -0.807 e. The van der Waals surface area contributed by atoms with Gasteiger partial charge in [-0.2, -0.15) is 0 Å². The zero-order valence-corrected chi connectivity index (χ0v) is 22.7. The second-order valence-corrected chi connectivity index (χ2v) is 12.2. The number of piperidine rings is 1. The number of carbonyl (C=O) groups excluding carboxylic acids is 1. The first kappa shape index (κ1) is 26.6. The molecular weight excluding hydrogens is 521 g/mol. The van der Waals surface area contributed by atoms with Crippen LogP contribution in [0.15, 0.2) is 60.7 Å². The van der Waals surface area contributed by atoms with Gasteiger partial charge in [-0.05, 0) is 105 Å². The molecule has 0 saturated carbocycles. The van der Waals surface area contributed by atoms with Crippen LogP contribution in [0.5, 0.6) is 11.5 Å². The van der Waals surface area contributed by atoms with Crippen LogP contribution in [0.1, 0.15) is 40.7 Å². The fraction of sp³-hybridized carbons (Fsp3) is 0.276. The van der Waals surface area contributed by atoms with E-state index in [4.69, 9.17) is 4.74 Å². The van der Waals surface area contributed by atoms with Crippen LogP contribution in [0.3, 0.4) is 0 Å². The molecule has 2 heterocycles. The van der Waals surface area contributed by atoms with Crippen LogP contribution >= 0.6 is 18.9 Å². The van der Waals surface area contributed by atoms with Crippen molar-refractivity contribution in [1.29, 1.82) is 0 Å². The molecule has 3 aromatic carbocycles. The van der Waals surface area contributed by atoms with Crippen molar-refractivity contribution >= 4 is 40.1 Å². The Morgan fingerprint density at radius 2 is 1.76 bits per heavy atom. The van der Waals surface area contributed by atoms with E-state index in [0.29, 0.717) is 38.4 Å². The SMILES string of the molecule is Cc1cc(O)ccc1-c1sc2cc(P(=O)([O-])[O-])ccc2c1C(=O)c1ccc(OCCN2CCCCC2)cc1. The number of nitrogens with zero attached hydrogens (tertiary/aromatic N) is 1. The van der Waals surface area contributed by atoms with Crippen molar-refractivity contribution in [2.75, 3.05) is 26.2 Å². The first-order valence-corrected chi connectivity index (χ1v) is 15.0. The number of likely N-dealkylation sites (tertiary alicyclic amines) is 1. The molecule has 1 aliphatic heterocycles. The van der Waals surface area contributed by atoms with Crippen molar-refractivity contribution in [2.45, 2.75) is 26.2 Å². The van der Waals surface area contributed by atoms with Gasteiger partial charge in [0, 0.05) is 32.6 Å². The molecule has 198 valence electrons. The van der Waals surface area contributed by atoms with Crippen molar-refractivity contribution in [1.82, 2.24) is 4.90 Å². The van der Waals surface area contributed by atoms with Crippen molar-refractivity contribution < 1.29 is 29.0 Å². The van der Waals surface area contributed by atoms with E-state index < -0.39 is 7.60 Å². The predicted molar refractivity (Wildman–Crippen MR) is 147 cm³/mol. The minimum absolute atomic E-state index is 0.108. The normalized spacial score (nSPS) is 14.6. The highest BCUT2D eigenvalue weighted by Crippen LogP contribution is 2.42. The van der Waals surface area contributed by atoms with Crippen LogP contribution in [0.2, 0.25) is 0 Å². The standard InChI is InChI=1S/C29H30NO6PS/c1-19-17-21(31)7-11-24(19)29-27(25-12-10-23(37(33,34)35)18-26(25)38-29)28(32)20-5-8-22(9-6-20)36-16-15-30-13-3-2-4-14-30/h5-12,17-18,31H,2-4,13-16H2,1H3,(H2,33,34,35)/p-2. The third-order valence-corrected chi connectivity index (χ3v) is 9.01. The Labute approximate surface area is 225 Å². The Bertz CT molecular complexity index is 1520. The van der Waals surface area contributed by atoms with Gasteiger partial charge in [-0.1, -0.05) is 18.6 Å². The number of ether oxygens (including phenoxy) is 1. The van der Waals surface area contributed by atoms with Crippen molar-refractivity contribution in [3.8, 4) is 21.9 Å². The molecule has 7 nitrogen and oxygen atoms in total. The van der Waals surface area contributed by atoms with Gasteiger partial charge in [0.15, 0.2) is 5.78 Å². The Kier molecular flexibility index (Phi) is 7.70. The monoisotopic (exact) mass is 549 g/mol. The largest absolute Gasteiger partial charge is 0.807 e. The number of phenols is 1. The van der Waals surface area contributed by atoms with Gasteiger partial charge in [0.1, 0.15) is 18.1 Å². The zero-order valence-electron chi connectivity index (χ0n) is 21.0. The zero-order chi connectivity index (χ0) is 26.9. The van der Waals surface area contributed by atoms with E-state index in [1.165, 1.54) is 48.8 Å².